The topological polar surface area (TPSA) is 105 Å². The van der Waals surface area contributed by atoms with Gasteiger partial charge < -0.3 is 19.7 Å². The fourth-order valence-electron chi connectivity index (χ4n) is 4.98. The zero-order valence-corrected chi connectivity index (χ0v) is 17.6. The maximum atomic E-state index is 11.9. The first-order valence-corrected chi connectivity index (χ1v) is 10.9. The van der Waals surface area contributed by atoms with E-state index in [9.17, 15) is 14.7 Å². The number of aliphatic hydroxyl groups excluding tert-OH is 1. The molecule has 7 nitrogen and oxygen atoms in total. The zero-order chi connectivity index (χ0) is 21.5. The zero-order valence-electron chi connectivity index (χ0n) is 17.6. The smallest absolute Gasteiger partial charge is 0.344 e. The van der Waals surface area contributed by atoms with Gasteiger partial charge in [-0.25, -0.2) is 4.79 Å². The number of hydrogen-bond donors (Lipinski definition) is 3. The predicted molar refractivity (Wildman–Crippen MR) is 111 cm³/mol. The molecule has 0 spiro atoms. The maximum absolute atomic E-state index is 11.9. The van der Waals surface area contributed by atoms with Gasteiger partial charge in [0.15, 0.2) is 6.61 Å². The Balaban J connectivity index is 1.53. The lowest BCUT2D eigenvalue weighted by atomic mass is 9.74. The minimum atomic E-state index is -0.899. The third-order valence-corrected chi connectivity index (χ3v) is 6.56. The number of aliphatic carboxylic acids is 1. The number of carboxylic acids is 1. The van der Waals surface area contributed by atoms with Gasteiger partial charge in [0, 0.05) is 6.42 Å². The molecule has 3 rings (SSSR count). The fraction of sp³-hybridized carbons (Fsp3) is 0.652. The molecule has 0 heterocycles. The number of benzene rings is 1. The summed E-state index contributed by atoms with van der Waals surface area (Å²) in [5.74, 6) is 1.30. The lowest BCUT2D eigenvalue weighted by Gasteiger charge is -2.32. The molecule has 0 aromatic heterocycles. The molecule has 2 aliphatic carbocycles. The van der Waals surface area contributed by atoms with Gasteiger partial charge in [-0.05, 0) is 86.9 Å². The Morgan fingerprint density at radius 3 is 2.87 bits per heavy atom. The normalized spacial score (nSPS) is 23.3. The molecule has 4 atom stereocenters. The number of ether oxygens (including phenoxy) is 2. The summed E-state index contributed by atoms with van der Waals surface area (Å²) in [6, 6.07) is 6.04. The van der Waals surface area contributed by atoms with Gasteiger partial charge in [0.2, 0.25) is 0 Å². The molecular weight excluding hydrogens is 386 g/mol. The predicted octanol–water partition coefficient (Wildman–Crippen LogP) is 2.53. The Morgan fingerprint density at radius 1 is 1.27 bits per heavy atom. The third kappa shape index (κ3) is 5.95. The average molecular weight is 420 g/mol. The molecule has 166 valence electrons. The molecule has 4 unspecified atom stereocenters. The van der Waals surface area contributed by atoms with E-state index in [1.54, 1.807) is 7.05 Å². The van der Waals surface area contributed by atoms with Gasteiger partial charge in [-0.3, -0.25) is 10.1 Å². The van der Waals surface area contributed by atoms with Gasteiger partial charge in [-0.2, -0.15) is 0 Å². The molecule has 1 saturated carbocycles. The standard InChI is InChI=1S/C23H33NO6/c1-24-21(25)10-9-15-7-8-17-13-19-16(12-18(15)17)4-2-5-20(19)30-14-23(28)29-11-3-6-22(26)27/h2,4-5,15,17-18,21,24-25H,3,6-14H2,1H3,(H,26,27). The highest BCUT2D eigenvalue weighted by atomic mass is 16.6. The first-order chi connectivity index (χ1) is 14.5. The van der Waals surface area contributed by atoms with Crippen molar-refractivity contribution in [2.75, 3.05) is 20.3 Å². The van der Waals surface area contributed by atoms with Crippen LogP contribution in [0.25, 0.3) is 0 Å². The van der Waals surface area contributed by atoms with Gasteiger partial charge in [0.25, 0.3) is 0 Å². The van der Waals surface area contributed by atoms with E-state index in [1.165, 1.54) is 24.0 Å². The van der Waals surface area contributed by atoms with Crippen molar-refractivity contribution in [3.05, 3.63) is 29.3 Å². The van der Waals surface area contributed by atoms with E-state index in [4.69, 9.17) is 14.6 Å². The number of carbonyl (C=O) groups is 2. The van der Waals surface area contributed by atoms with Crippen molar-refractivity contribution in [3.63, 3.8) is 0 Å². The minimum Gasteiger partial charge on any atom is -0.482 e. The Labute approximate surface area is 177 Å². The van der Waals surface area contributed by atoms with E-state index < -0.39 is 18.2 Å². The summed E-state index contributed by atoms with van der Waals surface area (Å²) < 4.78 is 10.8. The third-order valence-electron chi connectivity index (χ3n) is 6.56. The Kier molecular flexibility index (Phi) is 8.10. The van der Waals surface area contributed by atoms with Crippen LogP contribution in [0.2, 0.25) is 0 Å². The van der Waals surface area contributed by atoms with Crippen LogP contribution in [0, 0.1) is 17.8 Å². The Morgan fingerprint density at radius 2 is 2.10 bits per heavy atom. The number of fused-ring (bicyclic) bond motifs is 2. The van der Waals surface area contributed by atoms with Crippen molar-refractivity contribution < 1.29 is 29.3 Å². The number of aliphatic hydroxyl groups is 1. The molecular formula is C23H33NO6. The summed E-state index contributed by atoms with van der Waals surface area (Å²) in [6.07, 6.45) is 6.09. The highest BCUT2D eigenvalue weighted by Gasteiger charge is 2.39. The monoisotopic (exact) mass is 419 g/mol. The average Bonchev–Trinajstić information content (AvgIpc) is 3.13. The molecule has 1 fully saturated rings. The van der Waals surface area contributed by atoms with Crippen LogP contribution in [-0.4, -0.2) is 48.6 Å². The molecule has 0 radical (unpaired) electrons. The number of nitrogens with one attached hydrogen (secondary N) is 1. The van der Waals surface area contributed by atoms with Crippen molar-refractivity contribution in [1.82, 2.24) is 5.32 Å². The van der Waals surface area contributed by atoms with Crippen LogP contribution < -0.4 is 10.1 Å². The molecule has 30 heavy (non-hydrogen) atoms. The Hall–Kier alpha value is -2.12. The molecule has 2 aliphatic rings. The molecule has 0 saturated heterocycles. The summed E-state index contributed by atoms with van der Waals surface area (Å²) >= 11 is 0. The van der Waals surface area contributed by atoms with E-state index in [-0.39, 0.29) is 19.6 Å². The largest absolute Gasteiger partial charge is 0.482 e. The van der Waals surface area contributed by atoms with Gasteiger partial charge in [-0.15, -0.1) is 0 Å². The van der Waals surface area contributed by atoms with Gasteiger partial charge in [-0.1, -0.05) is 12.1 Å². The molecule has 0 amide bonds. The number of hydrogen-bond acceptors (Lipinski definition) is 6. The fourth-order valence-corrected chi connectivity index (χ4v) is 4.98. The van der Waals surface area contributed by atoms with Crippen LogP contribution in [0.3, 0.4) is 0 Å². The molecule has 7 heteroatoms. The summed E-state index contributed by atoms with van der Waals surface area (Å²) in [4.78, 5) is 22.4. The lowest BCUT2D eigenvalue weighted by molar-refractivity contribution is -0.147. The van der Waals surface area contributed by atoms with E-state index in [1.807, 2.05) is 12.1 Å². The quantitative estimate of drug-likeness (QED) is 0.288. The first-order valence-electron chi connectivity index (χ1n) is 10.9. The lowest BCUT2D eigenvalue weighted by Crippen LogP contribution is -2.28. The summed E-state index contributed by atoms with van der Waals surface area (Å²) in [6.45, 7) is -0.0725. The second-order valence-corrected chi connectivity index (χ2v) is 8.45. The first kappa shape index (κ1) is 22.6. The maximum Gasteiger partial charge on any atom is 0.344 e. The van der Waals surface area contributed by atoms with Gasteiger partial charge in [0.1, 0.15) is 12.0 Å². The van der Waals surface area contributed by atoms with E-state index in [2.05, 4.69) is 11.4 Å². The van der Waals surface area contributed by atoms with Crippen LogP contribution >= 0.6 is 0 Å². The molecule has 1 aromatic carbocycles. The van der Waals surface area contributed by atoms with Gasteiger partial charge in [0.05, 0.1) is 6.61 Å². The van der Waals surface area contributed by atoms with Crippen molar-refractivity contribution >= 4 is 11.9 Å². The van der Waals surface area contributed by atoms with Crippen LogP contribution in [0.5, 0.6) is 5.75 Å². The molecule has 0 bridgehead atoms. The summed E-state index contributed by atoms with van der Waals surface area (Å²) in [7, 11) is 1.78. The van der Waals surface area contributed by atoms with Crippen molar-refractivity contribution in [2.45, 2.75) is 57.6 Å². The van der Waals surface area contributed by atoms with Gasteiger partial charge >= 0.3 is 11.9 Å². The van der Waals surface area contributed by atoms with Crippen LogP contribution in [0.4, 0.5) is 0 Å². The second kappa shape index (κ2) is 10.8. The number of rotatable bonds is 11. The highest BCUT2D eigenvalue weighted by Crippen LogP contribution is 2.48. The molecule has 0 aliphatic heterocycles. The number of esters is 1. The second-order valence-electron chi connectivity index (χ2n) is 8.45. The van der Waals surface area contributed by atoms with Crippen molar-refractivity contribution in [1.29, 1.82) is 0 Å². The van der Waals surface area contributed by atoms with Crippen molar-refractivity contribution in [2.24, 2.45) is 17.8 Å². The summed E-state index contributed by atoms with van der Waals surface area (Å²) in [5.41, 5.74) is 2.50. The van der Waals surface area contributed by atoms with Crippen LogP contribution in [0.1, 0.15) is 49.7 Å². The van der Waals surface area contributed by atoms with E-state index in [0.29, 0.717) is 24.2 Å². The SMILES string of the molecule is CNC(O)CCC1CCC2Cc3c(cccc3OCC(=O)OCCCC(=O)O)CC12. The van der Waals surface area contributed by atoms with Crippen LogP contribution in [0.15, 0.2) is 18.2 Å². The summed E-state index contributed by atoms with van der Waals surface area (Å²) in [5, 5.41) is 21.3. The molecule has 1 aromatic rings. The molecule has 3 N–H and O–H groups in total. The van der Waals surface area contributed by atoms with Crippen molar-refractivity contribution in [3.8, 4) is 5.75 Å². The Bertz CT molecular complexity index is 736. The van der Waals surface area contributed by atoms with Crippen LogP contribution in [-0.2, 0) is 27.2 Å². The van der Waals surface area contributed by atoms with E-state index in [0.717, 1.165) is 31.4 Å². The van der Waals surface area contributed by atoms with E-state index >= 15 is 0 Å². The number of carbonyl (C=O) groups excluding carboxylic acids is 1. The number of carboxylic acid groups (broad SMARTS) is 1. The minimum absolute atomic E-state index is 0.0161. The highest BCUT2D eigenvalue weighted by molar-refractivity contribution is 5.71.